The first-order chi connectivity index (χ1) is 17.6. The summed E-state index contributed by atoms with van der Waals surface area (Å²) in [6.07, 6.45) is -4.00. The van der Waals surface area contributed by atoms with Crippen LogP contribution in [0, 0.1) is 18.8 Å². The maximum Gasteiger partial charge on any atom is 0.416 e. The van der Waals surface area contributed by atoms with Gasteiger partial charge in [-0.15, -0.1) is 5.92 Å². The summed E-state index contributed by atoms with van der Waals surface area (Å²) in [5.74, 6) is 5.79. The average molecular weight is 509 g/mol. The molecule has 0 aliphatic carbocycles. The van der Waals surface area contributed by atoms with Gasteiger partial charge in [-0.05, 0) is 50.6 Å². The number of benzene rings is 2. The number of halogens is 3. The second kappa shape index (κ2) is 10.5. The summed E-state index contributed by atoms with van der Waals surface area (Å²) in [5, 5.41) is 3.17. The van der Waals surface area contributed by atoms with Crippen molar-refractivity contribution in [1.29, 1.82) is 0 Å². The number of aryl methyl sites for hydroxylation is 1. The number of rotatable bonds is 5. The number of alkyl halides is 3. The predicted molar refractivity (Wildman–Crippen MR) is 135 cm³/mol. The average Bonchev–Trinajstić information content (AvgIpc) is 2.88. The number of fused-ring (bicyclic) bond motifs is 1. The molecule has 1 N–H and O–H groups in total. The van der Waals surface area contributed by atoms with Crippen molar-refractivity contribution in [2.45, 2.75) is 52.5 Å². The molecule has 192 valence electrons. The molecule has 4 rings (SSSR count). The first-order valence-electron chi connectivity index (χ1n) is 11.9. The summed E-state index contributed by atoms with van der Waals surface area (Å²) in [5.41, 5.74) is 2.24. The molecule has 1 aliphatic heterocycles. The SMILES string of the molecule is CC#CCn1c(NC(C)c2ccc(C(F)(F)F)cc2)nc2c(c1=O)CN(C(=O)c1ccc(C)cc1)CC2. The normalized spacial score (nSPS) is 13.8. The molecule has 37 heavy (non-hydrogen) atoms. The maximum atomic E-state index is 13.5. The van der Waals surface area contributed by atoms with Crippen LogP contribution in [0.1, 0.15) is 58.2 Å². The van der Waals surface area contributed by atoms with E-state index in [2.05, 4.69) is 17.2 Å². The quantitative estimate of drug-likeness (QED) is 0.495. The second-order valence-corrected chi connectivity index (χ2v) is 9.01. The Bertz CT molecular complexity index is 1420. The van der Waals surface area contributed by atoms with Gasteiger partial charge in [0.2, 0.25) is 5.95 Å². The number of nitrogens with zero attached hydrogens (tertiary/aromatic N) is 3. The molecule has 0 spiro atoms. The monoisotopic (exact) mass is 508 g/mol. The van der Waals surface area contributed by atoms with Gasteiger partial charge in [0.15, 0.2) is 0 Å². The highest BCUT2D eigenvalue weighted by molar-refractivity contribution is 5.94. The van der Waals surface area contributed by atoms with E-state index in [1.54, 1.807) is 30.9 Å². The van der Waals surface area contributed by atoms with Crippen LogP contribution in [0.15, 0.2) is 53.3 Å². The Morgan fingerprint density at radius 3 is 2.43 bits per heavy atom. The van der Waals surface area contributed by atoms with Crippen molar-refractivity contribution in [3.63, 3.8) is 0 Å². The first-order valence-corrected chi connectivity index (χ1v) is 11.9. The number of carbonyl (C=O) groups excluding carboxylic acids is 1. The van der Waals surface area contributed by atoms with Crippen molar-refractivity contribution in [2.24, 2.45) is 0 Å². The number of hydrogen-bond acceptors (Lipinski definition) is 4. The Kier molecular flexibility index (Phi) is 7.39. The molecule has 1 aliphatic rings. The summed E-state index contributed by atoms with van der Waals surface area (Å²) < 4.78 is 40.2. The van der Waals surface area contributed by atoms with Gasteiger partial charge in [0, 0.05) is 18.5 Å². The first kappa shape index (κ1) is 26.0. The van der Waals surface area contributed by atoms with Crippen LogP contribution in [-0.2, 0) is 25.7 Å². The fourth-order valence-electron chi connectivity index (χ4n) is 4.22. The van der Waals surface area contributed by atoms with Crippen LogP contribution in [0.3, 0.4) is 0 Å². The molecule has 2 heterocycles. The van der Waals surface area contributed by atoms with Gasteiger partial charge in [-0.2, -0.15) is 13.2 Å². The standard InChI is InChI=1S/C28H27F3N4O2/c1-4-5-15-35-26(37)23-17-34(25(36)21-8-6-18(2)7-9-21)16-14-24(23)33-27(35)32-19(3)20-10-12-22(13-11-20)28(29,30)31/h6-13,19H,14-17H2,1-3H3,(H,32,33). The molecule has 1 unspecified atom stereocenters. The minimum atomic E-state index is -4.41. The number of nitrogens with one attached hydrogen (secondary N) is 1. The van der Waals surface area contributed by atoms with Crippen LogP contribution in [0.4, 0.5) is 19.1 Å². The molecule has 1 atom stereocenters. The maximum absolute atomic E-state index is 13.5. The Labute approximate surface area is 213 Å². The topological polar surface area (TPSA) is 67.2 Å². The van der Waals surface area contributed by atoms with Gasteiger partial charge < -0.3 is 10.2 Å². The lowest BCUT2D eigenvalue weighted by atomic mass is 10.0. The molecule has 9 heteroatoms. The van der Waals surface area contributed by atoms with Crippen molar-refractivity contribution in [2.75, 3.05) is 11.9 Å². The van der Waals surface area contributed by atoms with E-state index in [1.165, 1.54) is 16.7 Å². The van der Waals surface area contributed by atoms with E-state index in [0.29, 0.717) is 35.3 Å². The van der Waals surface area contributed by atoms with Crippen molar-refractivity contribution >= 4 is 11.9 Å². The van der Waals surface area contributed by atoms with Gasteiger partial charge in [-0.3, -0.25) is 14.2 Å². The summed E-state index contributed by atoms with van der Waals surface area (Å²) in [7, 11) is 0. The van der Waals surface area contributed by atoms with Gasteiger partial charge in [-0.25, -0.2) is 4.98 Å². The highest BCUT2D eigenvalue weighted by Crippen LogP contribution is 2.30. The lowest BCUT2D eigenvalue weighted by Crippen LogP contribution is -2.41. The molecule has 0 saturated carbocycles. The largest absolute Gasteiger partial charge is 0.416 e. The number of carbonyl (C=O) groups is 1. The van der Waals surface area contributed by atoms with Crippen LogP contribution >= 0.6 is 0 Å². The second-order valence-electron chi connectivity index (χ2n) is 9.01. The Hall–Kier alpha value is -4.06. The van der Waals surface area contributed by atoms with Crippen LogP contribution in [0.25, 0.3) is 0 Å². The third-order valence-electron chi connectivity index (χ3n) is 6.40. The molecule has 2 aromatic carbocycles. The molecule has 1 aromatic heterocycles. The Morgan fingerprint density at radius 2 is 1.81 bits per heavy atom. The third kappa shape index (κ3) is 5.69. The number of aromatic nitrogens is 2. The molecule has 0 radical (unpaired) electrons. The minimum absolute atomic E-state index is 0.0869. The molecule has 0 bridgehead atoms. The molecule has 0 fully saturated rings. The minimum Gasteiger partial charge on any atom is -0.349 e. The summed E-state index contributed by atoms with van der Waals surface area (Å²) in [4.78, 5) is 32.9. The fraction of sp³-hybridized carbons (Fsp3) is 0.321. The summed E-state index contributed by atoms with van der Waals surface area (Å²) >= 11 is 0. The highest BCUT2D eigenvalue weighted by Gasteiger charge is 2.30. The van der Waals surface area contributed by atoms with Crippen LogP contribution in [0.5, 0.6) is 0 Å². The predicted octanol–water partition coefficient (Wildman–Crippen LogP) is 4.97. The van der Waals surface area contributed by atoms with E-state index in [9.17, 15) is 22.8 Å². The van der Waals surface area contributed by atoms with Gasteiger partial charge in [-0.1, -0.05) is 35.7 Å². The van der Waals surface area contributed by atoms with Gasteiger partial charge in [0.05, 0.1) is 36.0 Å². The number of amides is 1. The van der Waals surface area contributed by atoms with Crippen LogP contribution in [-0.4, -0.2) is 26.9 Å². The zero-order valence-electron chi connectivity index (χ0n) is 20.8. The molecule has 3 aromatic rings. The molecule has 1 amide bonds. The smallest absolute Gasteiger partial charge is 0.349 e. The Morgan fingerprint density at radius 1 is 1.14 bits per heavy atom. The zero-order valence-corrected chi connectivity index (χ0v) is 20.8. The third-order valence-corrected chi connectivity index (χ3v) is 6.40. The molecular formula is C28H27F3N4O2. The molecule has 6 nitrogen and oxygen atoms in total. The highest BCUT2D eigenvalue weighted by atomic mass is 19.4. The van der Waals surface area contributed by atoms with E-state index in [0.717, 1.165) is 17.7 Å². The van der Waals surface area contributed by atoms with E-state index < -0.39 is 17.8 Å². The lowest BCUT2D eigenvalue weighted by Gasteiger charge is -2.29. The number of anilines is 1. The zero-order chi connectivity index (χ0) is 26.7. The fourth-order valence-corrected chi connectivity index (χ4v) is 4.22. The van der Waals surface area contributed by atoms with Gasteiger partial charge in [0.1, 0.15) is 0 Å². The van der Waals surface area contributed by atoms with Gasteiger partial charge in [0.25, 0.3) is 11.5 Å². The summed E-state index contributed by atoms with van der Waals surface area (Å²) in [6.45, 7) is 6.04. The van der Waals surface area contributed by atoms with E-state index in [-0.39, 0.29) is 30.5 Å². The van der Waals surface area contributed by atoms with E-state index >= 15 is 0 Å². The van der Waals surface area contributed by atoms with Crippen molar-refractivity contribution in [3.05, 3.63) is 92.4 Å². The molecular weight excluding hydrogens is 481 g/mol. The van der Waals surface area contributed by atoms with Crippen molar-refractivity contribution in [3.8, 4) is 11.8 Å². The summed E-state index contributed by atoms with van der Waals surface area (Å²) in [6, 6.07) is 11.7. The van der Waals surface area contributed by atoms with Crippen molar-refractivity contribution in [1.82, 2.24) is 14.5 Å². The lowest BCUT2D eigenvalue weighted by molar-refractivity contribution is -0.137. The van der Waals surface area contributed by atoms with Gasteiger partial charge >= 0.3 is 6.18 Å². The van der Waals surface area contributed by atoms with Crippen LogP contribution in [0.2, 0.25) is 0 Å². The van der Waals surface area contributed by atoms with E-state index in [1.807, 2.05) is 19.1 Å². The Balaban J connectivity index is 1.62. The molecule has 0 saturated heterocycles. The number of hydrogen-bond donors (Lipinski definition) is 1. The van der Waals surface area contributed by atoms with Crippen molar-refractivity contribution < 1.29 is 18.0 Å². The van der Waals surface area contributed by atoms with E-state index in [4.69, 9.17) is 4.98 Å². The van der Waals surface area contributed by atoms with Crippen LogP contribution < -0.4 is 10.9 Å².